The van der Waals surface area contributed by atoms with E-state index in [4.69, 9.17) is 5.73 Å². The summed E-state index contributed by atoms with van der Waals surface area (Å²) >= 11 is 3.28. The van der Waals surface area contributed by atoms with Crippen LogP contribution in [-0.4, -0.2) is 15.8 Å². The van der Waals surface area contributed by atoms with Gasteiger partial charge in [-0.1, -0.05) is 12.1 Å². The first-order valence-corrected chi connectivity index (χ1v) is 7.37. The molecule has 20 heavy (non-hydrogen) atoms. The molecule has 0 fully saturated rings. The van der Waals surface area contributed by atoms with Crippen LogP contribution in [0.5, 0.6) is 0 Å². The summed E-state index contributed by atoms with van der Waals surface area (Å²) in [5.41, 5.74) is 10.5. The smallest absolute Gasteiger partial charge is 0.137 e. The lowest BCUT2D eigenvalue weighted by atomic mass is 9.98. The molecule has 2 aromatic rings. The maximum Gasteiger partial charge on any atom is 0.137 e. The van der Waals surface area contributed by atoms with Gasteiger partial charge in [0.25, 0.3) is 0 Å². The Morgan fingerprint density at radius 3 is 2.65 bits per heavy atom. The first kappa shape index (κ1) is 15.2. The van der Waals surface area contributed by atoms with Gasteiger partial charge >= 0.3 is 0 Å². The summed E-state index contributed by atoms with van der Waals surface area (Å²) in [6.45, 7) is 4.04. The van der Waals surface area contributed by atoms with Crippen molar-refractivity contribution in [1.29, 1.82) is 0 Å². The summed E-state index contributed by atoms with van der Waals surface area (Å²) in [7, 11) is 1.93. The largest absolute Gasteiger partial charge is 0.327 e. The number of aryl methyl sites for hydroxylation is 2. The maximum absolute atomic E-state index is 13.5. The van der Waals surface area contributed by atoms with Crippen molar-refractivity contribution in [3.05, 3.63) is 51.0 Å². The van der Waals surface area contributed by atoms with E-state index in [2.05, 4.69) is 21.0 Å². The lowest BCUT2D eigenvalue weighted by Crippen LogP contribution is -2.26. The Hall–Kier alpha value is -1.20. The van der Waals surface area contributed by atoms with Gasteiger partial charge in [0.1, 0.15) is 5.82 Å². The van der Waals surface area contributed by atoms with E-state index in [1.54, 1.807) is 6.07 Å². The van der Waals surface area contributed by atoms with Gasteiger partial charge in [-0.15, -0.1) is 0 Å². The number of benzene rings is 1. The molecule has 0 radical (unpaired) electrons. The number of halogens is 2. The molecule has 0 aliphatic heterocycles. The molecule has 0 saturated heterocycles. The van der Waals surface area contributed by atoms with Crippen molar-refractivity contribution in [1.82, 2.24) is 9.78 Å². The Bertz CT molecular complexity index is 622. The molecule has 1 aromatic heterocycles. The van der Waals surface area contributed by atoms with E-state index in [-0.39, 0.29) is 11.9 Å². The molecule has 1 atom stereocenters. The average Bonchev–Trinajstić information content (AvgIpc) is 2.62. The molecular weight excluding hydrogens is 321 g/mol. The summed E-state index contributed by atoms with van der Waals surface area (Å²) in [5, 5.41) is 4.39. The average molecular weight is 340 g/mol. The molecule has 0 aliphatic rings. The maximum atomic E-state index is 13.5. The summed E-state index contributed by atoms with van der Waals surface area (Å²) < 4.78 is 15.9. The molecule has 108 valence electrons. The first-order valence-electron chi connectivity index (χ1n) is 6.57. The van der Waals surface area contributed by atoms with Crippen molar-refractivity contribution in [2.45, 2.75) is 32.7 Å². The highest BCUT2D eigenvalue weighted by atomic mass is 79.9. The molecule has 1 heterocycles. The highest BCUT2D eigenvalue weighted by molar-refractivity contribution is 9.10. The van der Waals surface area contributed by atoms with Crippen molar-refractivity contribution in [2.24, 2.45) is 12.8 Å². The summed E-state index contributed by atoms with van der Waals surface area (Å²) in [6.07, 6.45) is 1.38. The zero-order valence-corrected chi connectivity index (χ0v) is 13.5. The van der Waals surface area contributed by atoms with Gasteiger partial charge < -0.3 is 5.73 Å². The quantitative estimate of drug-likeness (QED) is 0.930. The van der Waals surface area contributed by atoms with Crippen LogP contribution in [0.1, 0.15) is 22.5 Å². The van der Waals surface area contributed by atoms with E-state index in [9.17, 15) is 4.39 Å². The Morgan fingerprint density at radius 1 is 1.35 bits per heavy atom. The van der Waals surface area contributed by atoms with Crippen molar-refractivity contribution in [3.63, 3.8) is 0 Å². The van der Waals surface area contributed by atoms with E-state index in [1.807, 2.05) is 31.6 Å². The SMILES string of the molecule is Cc1nn(C)c(C)c1CC(N)Cc1cccc(F)c1Br. The van der Waals surface area contributed by atoms with E-state index in [0.717, 1.165) is 23.4 Å². The molecule has 0 spiro atoms. The molecule has 0 amide bonds. The molecule has 3 nitrogen and oxygen atoms in total. The minimum Gasteiger partial charge on any atom is -0.327 e. The number of nitrogens with zero attached hydrogens (tertiary/aromatic N) is 2. The van der Waals surface area contributed by atoms with Crippen molar-refractivity contribution < 1.29 is 4.39 Å². The Morgan fingerprint density at radius 2 is 2.05 bits per heavy atom. The van der Waals surface area contributed by atoms with Crippen LogP contribution in [-0.2, 0) is 19.9 Å². The zero-order chi connectivity index (χ0) is 14.9. The summed E-state index contributed by atoms with van der Waals surface area (Å²) in [4.78, 5) is 0. The summed E-state index contributed by atoms with van der Waals surface area (Å²) in [6, 6.07) is 4.99. The van der Waals surface area contributed by atoms with E-state index in [0.29, 0.717) is 10.9 Å². The van der Waals surface area contributed by atoms with Crippen LogP contribution in [0.4, 0.5) is 4.39 Å². The lowest BCUT2D eigenvalue weighted by Gasteiger charge is -2.13. The lowest BCUT2D eigenvalue weighted by molar-refractivity contribution is 0.609. The number of rotatable bonds is 4. The van der Waals surface area contributed by atoms with Crippen molar-refractivity contribution in [3.8, 4) is 0 Å². The van der Waals surface area contributed by atoms with Crippen LogP contribution in [0.2, 0.25) is 0 Å². The second-order valence-corrected chi connectivity index (χ2v) is 5.95. The monoisotopic (exact) mass is 339 g/mol. The predicted molar refractivity (Wildman–Crippen MR) is 82.2 cm³/mol. The van der Waals surface area contributed by atoms with Gasteiger partial charge in [-0.2, -0.15) is 5.10 Å². The minimum absolute atomic E-state index is 0.0605. The fraction of sp³-hybridized carbons (Fsp3) is 0.400. The summed E-state index contributed by atoms with van der Waals surface area (Å²) in [5.74, 6) is -0.247. The number of aromatic nitrogens is 2. The molecular formula is C15H19BrFN3. The van der Waals surface area contributed by atoms with Gasteiger partial charge in [0.2, 0.25) is 0 Å². The highest BCUT2D eigenvalue weighted by Crippen LogP contribution is 2.22. The second kappa shape index (κ2) is 6.06. The van der Waals surface area contributed by atoms with Crippen LogP contribution in [0.3, 0.4) is 0 Å². The predicted octanol–water partition coefficient (Wildman–Crippen LogP) is 3.05. The third-order valence-electron chi connectivity index (χ3n) is 3.64. The first-order chi connectivity index (χ1) is 9.40. The van der Waals surface area contributed by atoms with Gasteiger partial charge in [-0.25, -0.2) is 4.39 Å². The Labute approximate surface area is 127 Å². The van der Waals surface area contributed by atoms with Gasteiger partial charge in [-0.3, -0.25) is 4.68 Å². The highest BCUT2D eigenvalue weighted by Gasteiger charge is 2.15. The minimum atomic E-state index is -0.247. The van der Waals surface area contributed by atoms with Crippen LogP contribution in [0.25, 0.3) is 0 Å². The standard InChI is InChI=1S/C15H19BrFN3/c1-9-13(10(2)20(3)19-9)8-12(18)7-11-5-4-6-14(17)15(11)16/h4-6,12H,7-8,18H2,1-3H3. The van der Waals surface area contributed by atoms with Crippen LogP contribution < -0.4 is 5.73 Å². The van der Waals surface area contributed by atoms with E-state index in [1.165, 1.54) is 11.6 Å². The third-order valence-corrected chi connectivity index (χ3v) is 4.53. The van der Waals surface area contributed by atoms with Gasteiger partial charge in [-0.05, 0) is 59.8 Å². The molecule has 1 aromatic carbocycles. The zero-order valence-electron chi connectivity index (χ0n) is 12.0. The molecule has 1 unspecified atom stereocenters. The van der Waals surface area contributed by atoms with Crippen molar-refractivity contribution >= 4 is 15.9 Å². The second-order valence-electron chi connectivity index (χ2n) is 5.15. The molecule has 5 heteroatoms. The fourth-order valence-corrected chi connectivity index (χ4v) is 2.86. The molecule has 2 rings (SSSR count). The van der Waals surface area contributed by atoms with Crippen LogP contribution in [0, 0.1) is 19.7 Å². The topological polar surface area (TPSA) is 43.8 Å². The van der Waals surface area contributed by atoms with Crippen molar-refractivity contribution in [2.75, 3.05) is 0 Å². The molecule has 0 saturated carbocycles. The molecule has 0 aliphatic carbocycles. The van der Waals surface area contributed by atoms with Gasteiger partial charge in [0.05, 0.1) is 10.2 Å². The van der Waals surface area contributed by atoms with Gasteiger partial charge in [0, 0.05) is 18.8 Å². The van der Waals surface area contributed by atoms with Crippen LogP contribution in [0.15, 0.2) is 22.7 Å². The van der Waals surface area contributed by atoms with Crippen LogP contribution >= 0.6 is 15.9 Å². The molecule has 2 N–H and O–H groups in total. The van der Waals surface area contributed by atoms with E-state index < -0.39 is 0 Å². The fourth-order valence-electron chi connectivity index (χ4n) is 2.44. The Kier molecular flexibility index (Phi) is 4.60. The number of hydrogen-bond acceptors (Lipinski definition) is 2. The number of hydrogen-bond donors (Lipinski definition) is 1. The third kappa shape index (κ3) is 3.10. The van der Waals surface area contributed by atoms with E-state index >= 15 is 0 Å². The Balaban J connectivity index is 2.13. The molecule has 0 bridgehead atoms. The normalized spacial score (nSPS) is 12.7. The van der Waals surface area contributed by atoms with Gasteiger partial charge in [0.15, 0.2) is 0 Å². The number of nitrogens with two attached hydrogens (primary N) is 1.